The highest BCUT2D eigenvalue weighted by atomic mass is 16.2. The van der Waals surface area contributed by atoms with E-state index in [4.69, 9.17) is 0 Å². The average Bonchev–Trinajstić information content (AvgIpc) is 2.30. The molecule has 0 spiro atoms. The Kier molecular flexibility index (Phi) is 5.42. The van der Waals surface area contributed by atoms with Gasteiger partial charge in [0.05, 0.1) is 0 Å². The maximum atomic E-state index is 11.2. The Morgan fingerprint density at radius 3 is 2.71 bits per heavy atom. The molecule has 0 aliphatic rings. The third kappa shape index (κ3) is 5.31. The van der Waals surface area contributed by atoms with E-state index in [-0.39, 0.29) is 6.03 Å². The van der Waals surface area contributed by atoms with Gasteiger partial charge < -0.3 is 15.5 Å². The smallest absolute Gasteiger partial charge is 0.316 e. The van der Waals surface area contributed by atoms with Crippen LogP contribution in [0.5, 0.6) is 0 Å². The number of hydrogen-bond donors (Lipinski definition) is 2. The average molecular weight is 236 g/mol. The molecule has 1 rings (SSSR count). The Balaban J connectivity index is 2.12. The molecule has 5 heteroatoms. The van der Waals surface area contributed by atoms with Crippen LogP contribution in [0.3, 0.4) is 0 Å². The summed E-state index contributed by atoms with van der Waals surface area (Å²) in [5.74, 6) is 0. The molecule has 0 radical (unpaired) electrons. The second-order valence-corrected chi connectivity index (χ2v) is 4.11. The second-order valence-electron chi connectivity index (χ2n) is 4.11. The summed E-state index contributed by atoms with van der Waals surface area (Å²) in [5.41, 5.74) is 2.17. The SMILES string of the molecule is Cc1ccc(CNCCNC(=O)N(C)C)cn1. The third-order valence-corrected chi connectivity index (χ3v) is 2.29. The van der Waals surface area contributed by atoms with E-state index in [2.05, 4.69) is 15.6 Å². The molecule has 5 nitrogen and oxygen atoms in total. The summed E-state index contributed by atoms with van der Waals surface area (Å²) >= 11 is 0. The number of rotatable bonds is 5. The van der Waals surface area contributed by atoms with Gasteiger partial charge in [-0.2, -0.15) is 0 Å². The summed E-state index contributed by atoms with van der Waals surface area (Å²) in [5, 5.41) is 6.03. The molecular weight excluding hydrogens is 216 g/mol. The van der Waals surface area contributed by atoms with Gasteiger partial charge >= 0.3 is 6.03 Å². The topological polar surface area (TPSA) is 57.3 Å². The van der Waals surface area contributed by atoms with Gasteiger partial charge in [-0.05, 0) is 18.6 Å². The lowest BCUT2D eigenvalue weighted by atomic mass is 10.2. The highest BCUT2D eigenvalue weighted by molar-refractivity contribution is 5.73. The standard InChI is InChI=1S/C12H20N4O/c1-10-4-5-11(9-15-10)8-13-6-7-14-12(17)16(2)3/h4-5,9,13H,6-8H2,1-3H3,(H,14,17). The predicted octanol–water partition coefficient (Wildman–Crippen LogP) is 0.751. The summed E-state index contributed by atoms with van der Waals surface area (Å²) in [6.45, 7) is 4.10. The molecule has 0 unspecified atom stereocenters. The van der Waals surface area contributed by atoms with Gasteiger partial charge in [0.15, 0.2) is 0 Å². The van der Waals surface area contributed by atoms with Gasteiger partial charge in [0.25, 0.3) is 0 Å². The number of aryl methyl sites for hydroxylation is 1. The molecule has 0 saturated heterocycles. The summed E-state index contributed by atoms with van der Waals surface area (Å²) in [6, 6.07) is 3.97. The first-order valence-electron chi connectivity index (χ1n) is 5.67. The first-order chi connectivity index (χ1) is 8.09. The maximum absolute atomic E-state index is 11.2. The third-order valence-electron chi connectivity index (χ3n) is 2.29. The van der Waals surface area contributed by atoms with Crippen molar-refractivity contribution >= 4 is 6.03 Å². The van der Waals surface area contributed by atoms with Crippen molar-refractivity contribution in [2.45, 2.75) is 13.5 Å². The zero-order chi connectivity index (χ0) is 12.7. The molecule has 0 bridgehead atoms. The second kappa shape index (κ2) is 6.85. The number of urea groups is 1. The van der Waals surface area contributed by atoms with Gasteiger partial charge in [0.2, 0.25) is 0 Å². The van der Waals surface area contributed by atoms with Crippen molar-refractivity contribution in [1.82, 2.24) is 20.5 Å². The fourth-order valence-electron chi connectivity index (χ4n) is 1.25. The first-order valence-corrected chi connectivity index (χ1v) is 5.67. The van der Waals surface area contributed by atoms with E-state index in [0.717, 1.165) is 24.3 Å². The molecule has 17 heavy (non-hydrogen) atoms. The van der Waals surface area contributed by atoms with Crippen LogP contribution in [0, 0.1) is 6.92 Å². The normalized spacial score (nSPS) is 10.1. The van der Waals surface area contributed by atoms with Crippen LogP contribution in [-0.2, 0) is 6.54 Å². The fraction of sp³-hybridized carbons (Fsp3) is 0.500. The van der Waals surface area contributed by atoms with Crippen molar-refractivity contribution in [1.29, 1.82) is 0 Å². The molecule has 2 amide bonds. The van der Waals surface area contributed by atoms with Crippen LogP contribution in [0.25, 0.3) is 0 Å². The molecule has 2 N–H and O–H groups in total. The number of carbonyl (C=O) groups excluding carboxylic acids is 1. The van der Waals surface area contributed by atoms with Crippen LogP contribution >= 0.6 is 0 Å². The number of carbonyl (C=O) groups is 1. The molecule has 1 heterocycles. The van der Waals surface area contributed by atoms with Crippen molar-refractivity contribution in [2.75, 3.05) is 27.2 Å². The molecule has 0 fully saturated rings. The number of pyridine rings is 1. The number of nitrogens with zero attached hydrogens (tertiary/aromatic N) is 2. The minimum absolute atomic E-state index is 0.0659. The van der Waals surface area contributed by atoms with E-state index in [9.17, 15) is 4.79 Å². The largest absolute Gasteiger partial charge is 0.337 e. The van der Waals surface area contributed by atoms with Gasteiger partial charge in [0, 0.05) is 45.6 Å². The minimum Gasteiger partial charge on any atom is -0.337 e. The van der Waals surface area contributed by atoms with Crippen molar-refractivity contribution in [3.8, 4) is 0 Å². The molecule has 0 atom stereocenters. The fourth-order valence-corrected chi connectivity index (χ4v) is 1.25. The summed E-state index contributed by atoms with van der Waals surface area (Å²) in [6.07, 6.45) is 1.86. The Morgan fingerprint density at radius 2 is 2.12 bits per heavy atom. The monoisotopic (exact) mass is 236 g/mol. The van der Waals surface area contributed by atoms with Crippen LogP contribution in [-0.4, -0.2) is 43.1 Å². The minimum atomic E-state index is -0.0659. The summed E-state index contributed by atoms with van der Waals surface area (Å²) in [4.78, 5) is 16.9. The summed E-state index contributed by atoms with van der Waals surface area (Å²) in [7, 11) is 3.45. The lowest BCUT2D eigenvalue weighted by Gasteiger charge is -2.12. The Labute approximate surface area is 102 Å². The molecule has 0 aromatic carbocycles. The van der Waals surface area contributed by atoms with E-state index in [1.54, 1.807) is 14.1 Å². The lowest BCUT2D eigenvalue weighted by molar-refractivity contribution is 0.217. The molecule has 0 aliphatic heterocycles. The van der Waals surface area contributed by atoms with Gasteiger partial charge in [-0.25, -0.2) is 4.79 Å². The van der Waals surface area contributed by atoms with E-state index in [1.807, 2.05) is 25.3 Å². The zero-order valence-corrected chi connectivity index (χ0v) is 10.7. The number of aromatic nitrogens is 1. The maximum Gasteiger partial charge on any atom is 0.316 e. The highest BCUT2D eigenvalue weighted by Crippen LogP contribution is 1.97. The Bertz CT molecular complexity index is 348. The van der Waals surface area contributed by atoms with Crippen molar-refractivity contribution in [3.05, 3.63) is 29.6 Å². The Hall–Kier alpha value is -1.62. The van der Waals surface area contributed by atoms with Crippen molar-refractivity contribution in [3.63, 3.8) is 0 Å². The number of hydrogen-bond acceptors (Lipinski definition) is 3. The van der Waals surface area contributed by atoms with Crippen LogP contribution in [0.1, 0.15) is 11.3 Å². The number of amides is 2. The first kappa shape index (κ1) is 13.4. The molecule has 0 aliphatic carbocycles. The molecule has 94 valence electrons. The van der Waals surface area contributed by atoms with E-state index >= 15 is 0 Å². The van der Waals surface area contributed by atoms with Gasteiger partial charge in [0.1, 0.15) is 0 Å². The van der Waals surface area contributed by atoms with Crippen LogP contribution in [0.2, 0.25) is 0 Å². The Morgan fingerprint density at radius 1 is 1.35 bits per heavy atom. The number of nitrogens with one attached hydrogen (secondary N) is 2. The van der Waals surface area contributed by atoms with Crippen LogP contribution in [0.4, 0.5) is 4.79 Å². The highest BCUT2D eigenvalue weighted by Gasteiger charge is 2.00. The van der Waals surface area contributed by atoms with Gasteiger partial charge in [-0.1, -0.05) is 6.07 Å². The molecule has 0 saturated carbocycles. The van der Waals surface area contributed by atoms with Crippen molar-refractivity contribution in [2.24, 2.45) is 0 Å². The van der Waals surface area contributed by atoms with Crippen LogP contribution < -0.4 is 10.6 Å². The quantitative estimate of drug-likeness (QED) is 0.742. The van der Waals surface area contributed by atoms with Crippen LogP contribution in [0.15, 0.2) is 18.3 Å². The van der Waals surface area contributed by atoms with Gasteiger partial charge in [-0.3, -0.25) is 4.98 Å². The predicted molar refractivity (Wildman–Crippen MR) is 67.8 cm³/mol. The van der Waals surface area contributed by atoms with Crippen molar-refractivity contribution < 1.29 is 4.79 Å². The van der Waals surface area contributed by atoms with E-state index < -0.39 is 0 Å². The molecular formula is C12H20N4O. The summed E-state index contributed by atoms with van der Waals surface area (Å²) < 4.78 is 0. The molecule has 1 aromatic rings. The lowest BCUT2D eigenvalue weighted by Crippen LogP contribution is -2.38. The van der Waals surface area contributed by atoms with E-state index in [1.165, 1.54) is 4.90 Å². The van der Waals surface area contributed by atoms with E-state index in [0.29, 0.717) is 6.54 Å². The van der Waals surface area contributed by atoms with Gasteiger partial charge in [-0.15, -0.1) is 0 Å². The zero-order valence-electron chi connectivity index (χ0n) is 10.7. The molecule has 1 aromatic heterocycles.